The van der Waals surface area contributed by atoms with Crippen LogP contribution in [-0.2, 0) is 9.59 Å². The Kier molecular flexibility index (Phi) is 4.97. The van der Waals surface area contributed by atoms with E-state index in [1.165, 1.54) is 18.3 Å². The summed E-state index contributed by atoms with van der Waals surface area (Å²) in [5.74, 6) is 0.132. The molecule has 0 aliphatic heterocycles. The molecule has 2 amide bonds. The number of thiazole rings is 1. The molecular formula is C15H19N3O3S. The molecule has 0 radical (unpaired) electrons. The van der Waals surface area contributed by atoms with Crippen molar-refractivity contribution in [2.75, 3.05) is 12.4 Å². The maximum Gasteiger partial charge on any atom is 0.248 e. The Hall–Kier alpha value is -2.15. The van der Waals surface area contributed by atoms with Gasteiger partial charge in [-0.25, -0.2) is 4.98 Å². The highest BCUT2D eigenvalue weighted by molar-refractivity contribution is 7.22. The van der Waals surface area contributed by atoms with Gasteiger partial charge in [-0.05, 0) is 18.1 Å². The van der Waals surface area contributed by atoms with E-state index in [1.54, 1.807) is 7.11 Å². The van der Waals surface area contributed by atoms with Gasteiger partial charge in [0.2, 0.25) is 11.8 Å². The van der Waals surface area contributed by atoms with Gasteiger partial charge in [0.15, 0.2) is 5.13 Å². The van der Waals surface area contributed by atoms with Crippen LogP contribution >= 0.6 is 11.3 Å². The number of nitrogens with zero attached hydrogens (tertiary/aromatic N) is 1. The zero-order chi connectivity index (χ0) is 16.3. The molecule has 7 heteroatoms. The first kappa shape index (κ1) is 16.2. The molecule has 0 aliphatic rings. The van der Waals surface area contributed by atoms with E-state index in [2.05, 4.69) is 15.6 Å². The van der Waals surface area contributed by atoms with Gasteiger partial charge >= 0.3 is 0 Å². The Bertz CT molecular complexity index is 696. The van der Waals surface area contributed by atoms with Gasteiger partial charge in [-0.1, -0.05) is 31.3 Å². The van der Waals surface area contributed by atoms with Gasteiger partial charge in [0, 0.05) is 6.92 Å². The van der Waals surface area contributed by atoms with Gasteiger partial charge < -0.3 is 15.4 Å². The van der Waals surface area contributed by atoms with Gasteiger partial charge in [-0.2, -0.15) is 0 Å². The molecule has 1 aromatic carbocycles. The van der Waals surface area contributed by atoms with Crippen molar-refractivity contribution >= 4 is 38.5 Å². The van der Waals surface area contributed by atoms with E-state index in [0.717, 1.165) is 4.70 Å². The fraction of sp³-hybridized carbons (Fsp3) is 0.400. The van der Waals surface area contributed by atoms with E-state index in [-0.39, 0.29) is 17.7 Å². The summed E-state index contributed by atoms with van der Waals surface area (Å²) in [4.78, 5) is 27.9. The average Bonchev–Trinajstić information content (AvgIpc) is 2.86. The molecule has 2 N–H and O–H groups in total. The molecule has 1 heterocycles. The predicted octanol–water partition coefficient (Wildman–Crippen LogP) is 2.40. The topological polar surface area (TPSA) is 80.3 Å². The smallest absolute Gasteiger partial charge is 0.248 e. The first-order valence-corrected chi connectivity index (χ1v) is 7.75. The van der Waals surface area contributed by atoms with Crippen molar-refractivity contribution in [1.29, 1.82) is 0 Å². The minimum atomic E-state index is -0.591. The van der Waals surface area contributed by atoms with Crippen LogP contribution in [0.15, 0.2) is 18.2 Å². The number of ether oxygens (including phenoxy) is 1. The highest BCUT2D eigenvalue weighted by atomic mass is 32.1. The molecule has 0 saturated carbocycles. The second kappa shape index (κ2) is 6.74. The maximum atomic E-state index is 12.3. The summed E-state index contributed by atoms with van der Waals surface area (Å²) < 4.78 is 6.18. The fourth-order valence-corrected chi connectivity index (χ4v) is 2.96. The minimum absolute atomic E-state index is 0.0205. The fourth-order valence-electron chi connectivity index (χ4n) is 2.08. The molecule has 0 unspecified atom stereocenters. The molecule has 118 valence electrons. The van der Waals surface area contributed by atoms with E-state index in [9.17, 15) is 9.59 Å². The average molecular weight is 321 g/mol. The number of nitrogens with one attached hydrogen (secondary N) is 2. The SMILES string of the molecule is COc1cccc2sc(NC(=O)[C@@H](NC(C)=O)C(C)C)nc12. The number of rotatable bonds is 5. The Labute approximate surface area is 132 Å². The molecule has 22 heavy (non-hydrogen) atoms. The number of benzene rings is 1. The zero-order valence-corrected chi connectivity index (χ0v) is 13.8. The second-order valence-electron chi connectivity index (χ2n) is 5.24. The quantitative estimate of drug-likeness (QED) is 0.886. The van der Waals surface area contributed by atoms with Crippen molar-refractivity contribution < 1.29 is 14.3 Å². The highest BCUT2D eigenvalue weighted by Gasteiger charge is 2.24. The van der Waals surface area contributed by atoms with E-state index >= 15 is 0 Å². The molecule has 0 aliphatic carbocycles. The number of anilines is 1. The monoisotopic (exact) mass is 321 g/mol. The Morgan fingerprint density at radius 2 is 2.05 bits per heavy atom. The van der Waals surface area contributed by atoms with Gasteiger partial charge in [-0.15, -0.1) is 0 Å². The van der Waals surface area contributed by atoms with Crippen LogP contribution in [0.3, 0.4) is 0 Å². The van der Waals surface area contributed by atoms with Crippen LogP contribution in [0.4, 0.5) is 5.13 Å². The van der Waals surface area contributed by atoms with E-state index in [1.807, 2.05) is 32.0 Å². The molecule has 0 fully saturated rings. The van der Waals surface area contributed by atoms with Crippen LogP contribution in [0.1, 0.15) is 20.8 Å². The number of carbonyl (C=O) groups excluding carboxylic acids is 2. The van der Waals surface area contributed by atoms with Crippen molar-refractivity contribution in [3.8, 4) is 5.75 Å². The Morgan fingerprint density at radius 3 is 2.64 bits per heavy atom. The number of carbonyl (C=O) groups is 2. The molecule has 0 bridgehead atoms. The second-order valence-corrected chi connectivity index (χ2v) is 6.27. The Morgan fingerprint density at radius 1 is 1.32 bits per heavy atom. The van der Waals surface area contributed by atoms with Crippen LogP contribution in [0.5, 0.6) is 5.75 Å². The molecule has 6 nitrogen and oxygen atoms in total. The van der Waals surface area contributed by atoms with Crippen molar-refractivity contribution in [2.45, 2.75) is 26.8 Å². The largest absolute Gasteiger partial charge is 0.494 e. The lowest BCUT2D eigenvalue weighted by atomic mass is 10.0. The highest BCUT2D eigenvalue weighted by Crippen LogP contribution is 2.32. The van der Waals surface area contributed by atoms with Gasteiger partial charge in [-0.3, -0.25) is 9.59 Å². The number of hydrogen-bond donors (Lipinski definition) is 2. The number of aromatic nitrogens is 1. The molecule has 2 aromatic rings. The lowest BCUT2D eigenvalue weighted by Crippen LogP contribution is -2.46. The molecule has 1 atom stereocenters. The third-order valence-corrected chi connectivity index (χ3v) is 4.08. The number of hydrogen-bond acceptors (Lipinski definition) is 5. The van der Waals surface area contributed by atoms with E-state index in [4.69, 9.17) is 4.74 Å². The summed E-state index contributed by atoms with van der Waals surface area (Å²) in [6.07, 6.45) is 0. The van der Waals surface area contributed by atoms with Crippen LogP contribution in [0.25, 0.3) is 10.2 Å². The van der Waals surface area contributed by atoms with Gasteiger partial charge in [0.25, 0.3) is 0 Å². The van der Waals surface area contributed by atoms with Gasteiger partial charge in [0.1, 0.15) is 17.3 Å². The molecule has 0 saturated heterocycles. The number of methoxy groups -OCH3 is 1. The lowest BCUT2D eigenvalue weighted by molar-refractivity contribution is -0.126. The predicted molar refractivity (Wildman–Crippen MR) is 87.2 cm³/mol. The summed E-state index contributed by atoms with van der Waals surface area (Å²) in [6, 6.07) is 5.02. The van der Waals surface area contributed by atoms with Crippen LogP contribution in [0.2, 0.25) is 0 Å². The summed E-state index contributed by atoms with van der Waals surface area (Å²) in [5.41, 5.74) is 0.714. The summed E-state index contributed by atoms with van der Waals surface area (Å²) in [5, 5.41) is 5.91. The third-order valence-electron chi connectivity index (χ3n) is 3.14. The van der Waals surface area contributed by atoms with Crippen molar-refractivity contribution in [3.63, 3.8) is 0 Å². The first-order chi connectivity index (χ1) is 10.4. The number of para-hydroxylation sites is 1. The van der Waals surface area contributed by atoms with Crippen LogP contribution < -0.4 is 15.4 Å². The van der Waals surface area contributed by atoms with E-state index in [0.29, 0.717) is 16.4 Å². The minimum Gasteiger partial charge on any atom is -0.494 e. The van der Waals surface area contributed by atoms with Crippen LogP contribution in [-0.4, -0.2) is 29.9 Å². The number of fused-ring (bicyclic) bond motifs is 1. The molecule has 2 rings (SSSR count). The summed E-state index contributed by atoms with van der Waals surface area (Å²) in [6.45, 7) is 5.15. The number of amides is 2. The lowest BCUT2D eigenvalue weighted by Gasteiger charge is -2.20. The molecule has 0 spiro atoms. The van der Waals surface area contributed by atoms with E-state index < -0.39 is 6.04 Å². The third kappa shape index (κ3) is 3.54. The van der Waals surface area contributed by atoms with Gasteiger partial charge in [0.05, 0.1) is 11.8 Å². The van der Waals surface area contributed by atoms with Crippen LogP contribution in [0, 0.1) is 5.92 Å². The maximum absolute atomic E-state index is 12.3. The van der Waals surface area contributed by atoms with Crippen molar-refractivity contribution in [2.24, 2.45) is 5.92 Å². The first-order valence-electron chi connectivity index (χ1n) is 6.94. The molecule has 1 aromatic heterocycles. The van der Waals surface area contributed by atoms with Crippen molar-refractivity contribution in [1.82, 2.24) is 10.3 Å². The zero-order valence-electron chi connectivity index (χ0n) is 13.0. The summed E-state index contributed by atoms with van der Waals surface area (Å²) >= 11 is 1.37. The normalized spacial score (nSPS) is 12.2. The Balaban J connectivity index is 2.22. The summed E-state index contributed by atoms with van der Waals surface area (Å²) in [7, 11) is 1.58. The standard InChI is InChI=1S/C15H19N3O3S/c1-8(2)12(16-9(3)19)14(20)18-15-17-13-10(21-4)6-5-7-11(13)22-15/h5-8,12H,1-4H3,(H,16,19)(H,17,18,20)/t12-/m0/s1. The van der Waals surface area contributed by atoms with Crippen molar-refractivity contribution in [3.05, 3.63) is 18.2 Å². The molecular weight excluding hydrogens is 302 g/mol.